The van der Waals surface area contributed by atoms with Gasteiger partial charge >= 0.3 is 11.4 Å². The average Bonchev–Trinajstić information content (AvgIpc) is 2.49. The lowest BCUT2D eigenvalue weighted by molar-refractivity contribution is 0.951. The van der Waals surface area contributed by atoms with Crippen LogP contribution in [0.25, 0.3) is 5.69 Å². The molecule has 0 saturated heterocycles. The second-order valence-electron chi connectivity index (χ2n) is 3.03. The number of hydrogen-bond donors (Lipinski definition) is 2. The molecule has 0 radical (unpaired) electrons. The highest BCUT2D eigenvalue weighted by molar-refractivity contribution is 5.33. The fraction of sp³-hybridized carbons (Fsp3) is 0.111. The first kappa shape index (κ1) is 8.55. The van der Waals surface area contributed by atoms with Crippen LogP contribution in [0.4, 0.5) is 0 Å². The molecule has 0 aliphatic carbocycles. The predicted molar refractivity (Wildman–Crippen MR) is 51.7 cm³/mol. The minimum absolute atomic E-state index is 0.459. The number of aromatic amines is 2. The first-order valence-electron chi connectivity index (χ1n) is 4.15. The molecule has 0 saturated carbocycles. The summed E-state index contributed by atoms with van der Waals surface area (Å²) in [7, 11) is 0. The van der Waals surface area contributed by atoms with E-state index >= 15 is 0 Å². The largest absolute Gasteiger partial charge is 0.348 e. The molecule has 2 aromatic rings. The maximum absolute atomic E-state index is 11.2. The third kappa shape index (κ3) is 1.28. The molecule has 2 N–H and O–H groups in total. The molecule has 1 aromatic carbocycles. The van der Waals surface area contributed by atoms with E-state index in [1.54, 1.807) is 12.1 Å². The SMILES string of the molecule is Cc1ccc(-n2c(=O)[nH][nH]c2=O)cc1. The Labute approximate surface area is 79.0 Å². The molecule has 1 heterocycles. The summed E-state index contributed by atoms with van der Waals surface area (Å²) in [6.45, 7) is 1.94. The zero-order valence-electron chi connectivity index (χ0n) is 7.57. The highest BCUT2D eigenvalue weighted by Crippen LogP contribution is 2.03. The molecular weight excluding hydrogens is 182 g/mol. The zero-order valence-corrected chi connectivity index (χ0v) is 7.57. The first-order chi connectivity index (χ1) is 6.68. The van der Waals surface area contributed by atoms with E-state index in [-0.39, 0.29) is 0 Å². The molecule has 0 bridgehead atoms. The lowest BCUT2D eigenvalue weighted by atomic mass is 10.2. The van der Waals surface area contributed by atoms with Gasteiger partial charge in [0.2, 0.25) is 0 Å². The van der Waals surface area contributed by atoms with E-state index in [1.807, 2.05) is 19.1 Å². The minimum atomic E-state index is -0.459. The standard InChI is InChI=1S/C9H9N3O2/c1-6-2-4-7(5-3-6)12-8(13)10-11-9(12)14/h2-5H,1H3,(H,10,13)(H,11,14). The Morgan fingerprint density at radius 2 is 1.50 bits per heavy atom. The monoisotopic (exact) mass is 191 g/mol. The van der Waals surface area contributed by atoms with E-state index in [2.05, 4.69) is 10.2 Å². The van der Waals surface area contributed by atoms with Crippen molar-refractivity contribution in [3.8, 4) is 5.69 Å². The summed E-state index contributed by atoms with van der Waals surface area (Å²) in [5.74, 6) is 0. The molecule has 2 rings (SSSR count). The van der Waals surface area contributed by atoms with Crippen LogP contribution in [-0.4, -0.2) is 14.8 Å². The van der Waals surface area contributed by atoms with Crippen LogP contribution in [0.1, 0.15) is 5.56 Å². The summed E-state index contributed by atoms with van der Waals surface area (Å²) in [6, 6.07) is 7.13. The van der Waals surface area contributed by atoms with Crippen molar-refractivity contribution in [2.45, 2.75) is 6.92 Å². The molecule has 0 spiro atoms. The second-order valence-corrected chi connectivity index (χ2v) is 3.03. The zero-order chi connectivity index (χ0) is 10.1. The second kappa shape index (κ2) is 3.02. The van der Waals surface area contributed by atoms with Gasteiger partial charge in [-0.25, -0.2) is 24.4 Å². The molecule has 14 heavy (non-hydrogen) atoms. The fourth-order valence-corrected chi connectivity index (χ4v) is 1.24. The van der Waals surface area contributed by atoms with Crippen LogP contribution in [0.2, 0.25) is 0 Å². The minimum Gasteiger partial charge on any atom is -0.247 e. The first-order valence-corrected chi connectivity index (χ1v) is 4.15. The molecule has 5 heteroatoms. The lowest BCUT2D eigenvalue weighted by Gasteiger charge is -1.98. The van der Waals surface area contributed by atoms with Crippen LogP contribution in [0, 0.1) is 6.92 Å². The van der Waals surface area contributed by atoms with Crippen LogP contribution in [0.3, 0.4) is 0 Å². The van der Waals surface area contributed by atoms with Gasteiger partial charge in [-0.15, -0.1) is 0 Å². The molecule has 0 aliphatic heterocycles. The maximum Gasteiger partial charge on any atom is 0.348 e. The van der Waals surface area contributed by atoms with Gasteiger partial charge in [0, 0.05) is 0 Å². The molecule has 5 nitrogen and oxygen atoms in total. The van der Waals surface area contributed by atoms with Gasteiger partial charge in [0.25, 0.3) is 0 Å². The molecule has 72 valence electrons. The summed E-state index contributed by atoms with van der Waals surface area (Å²) in [6.07, 6.45) is 0. The fourth-order valence-electron chi connectivity index (χ4n) is 1.24. The van der Waals surface area contributed by atoms with Gasteiger partial charge in [0.05, 0.1) is 5.69 Å². The Kier molecular flexibility index (Phi) is 1.85. The van der Waals surface area contributed by atoms with E-state index in [0.29, 0.717) is 5.69 Å². The topological polar surface area (TPSA) is 70.7 Å². The third-order valence-electron chi connectivity index (χ3n) is 1.97. The quantitative estimate of drug-likeness (QED) is 0.674. The smallest absolute Gasteiger partial charge is 0.247 e. The lowest BCUT2D eigenvalue weighted by Crippen LogP contribution is -2.24. The van der Waals surface area contributed by atoms with Crippen LogP contribution in [0.15, 0.2) is 33.9 Å². The number of benzene rings is 1. The molecule has 0 aliphatic rings. The summed E-state index contributed by atoms with van der Waals surface area (Å²) < 4.78 is 1.04. The summed E-state index contributed by atoms with van der Waals surface area (Å²) in [5.41, 5.74) is 0.717. The number of H-pyrrole nitrogens is 2. The molecule has 1 aromatic heterocycles. The summed E-state index contributed by atoms with van der Waals surface area (Å²) in [5, 5.41) is 4.44. The van der Waals surface area contributed by atoms with Crippen molar-refractivity contribution in [2.75, 3.05) is 0 Å². The van der Waals surface area contributed by atoms with E-state index in [9.17, 15) is 9.59 Å². The van der Waals surface area contributed by atoms with Crippen molar-refractivity contribution in [3.05, 3.63) is 50.8 Å². The third-order valence-corrected chi connectivity index (χ3v) is 1.97. The van der Waals surface area contributed by atoms with Gasteiger partial charge in [0.15, 0.2) is 0 Å². The van der Waals surface area contributed by atoms with E-state index < -0.39 is 11.4 Å². The Bertz CT molecular complexity index is 517. The van der Waals surface area contributed by atoms with E-state index in [4.69, 9.17) is 0 Å². The van der Waals surface area contributed by atoms with Crippen LogP contribution < -0.4 is 11.4 Å². The normalized spacial score (nSPS) is 10.4. The predicted octanol–water partition coefficient (Wildman–Crippen LogP) is 0.162. The Balaban J connectivity index is 2.66. The van der Waals surface area contributed by atoms with Crippen molar-refractivity contribution in [1.82, 2.24) is 14.8 Å². The summed E-state index contributed by atoms with van der Waals surface area (Å²) >= 11 is 0. The van der Waals surface area contributed by atoms with Gasteiger partial charge in [-0.3, -0.25) is 0 Å². The number of nitrogens with one attached hydrogen (secondary N) is 2. The van der Waals surface area contributed by atoms with Crippen LogP contribution in [0.5, 0.6) is 0 Å². The highest BCUT2D eigenvalue weighted by atomic mass is 16.2. The Morgan fingerprint density at radius 1 is 1.00 bits per heavy atom. The van der Waals surface area contributed by atoms with Gasteiger partial charge in [-0.1, -0.05) is 17.7 Å². The van der Waals surface area contributed by atoms with E-state index in [1.165, 1.54) is 0 Å². The number of aryl methyl sites for hydroxylation is 1. The van der Waals surface area contributed by atoms with Crippen molar-refractivity contribution in [1.29, 1.82) is 0 Å². The number of hydrogen-bond acceptors (Lipinski definition) is 2. The molecule has 0 atom stereocenters. The van der Waals surface area contributed by atoms with Crippen molar-refractivity contribution in [2.24, 2.45) is 0 Å². The van der Waals surface area contributed by atoms with Gasteiger partial charge < -0.3 is 0 Å². The Hall–Kier alpha value is -2.04. The molecule has 0 unspecified atom stereocenters. The van der Waals surface area contributed by atoms with Crippen molar-refractivity contribution < 1.29 is 0 Å². The number of rotatable bonds is 1. The molecule has 0 fully saturated rings. The average molecular weight is 191 g/mol. The molecular formula is C9H9N3O2. The van der Waals surface area contributed by atoms with Crippen LogP contribution >= 0.6 is 0 Å². The van der Waals surface area contributed by atoms with Gasteiger partial charge in [-0.2, -0.15) is 0 Å². The Morgan fingerprint density at radius 3 is 2.00 bits per heavy atom. The number of aromatic nitrogens is 3. The van der Waals surface area contributed by atoms with Crippen molar-refractivity contribution in [3.63, 3.8) is 0 Å². The maximum atomic E-state index is 11.2. The van der Waals surface area contributed by atoms with Crippen LogP contribution in [-0.2, 0) is 0 Å². The molecule has 0 amide bonds. The van der Waals surface area contributed by atoms with Crippen molar-refractivity contribution >= 4 is 0 Å². The highest BCUT2D eigenvalue weighted by Gasteiger charge is 2.04. The number of nitrogens with zero attached hydrogens (tertiary/aromatic N) is 1. The van der Waals surface area contributed by atoms with Gasteiger partial charge in [0.1, 0.15) is 0 Å². The van der Waals surface area contributed by atoms with E-state index in [0.717, 1.165) is 10.1 Å². The summed E-state index contributed by atoms with van der Waals surface area (Å²) in [4.78, 5) is 22.4. The van der Waals surface area contributed by atoms with Gasteiger partial charge in [-0.05, 0) is 19.1 Å².